The zero-order chi connectivity index (χ0) is 19.5. The fourth-order valence-corrected chi connectivity index (χ4v) is 3.46. The number of hydrogen-bond donors (Lipinski definition) is 1. The number of methoxy groups -OCH3 is 2. The number of fused-ring (bicyclic) bond motifs is 2. The SMILES string of the molecule is COCCn1ccc2cc(NC(=O)Cn3ccc4cc(OC)ccc43)ccc21. The third kappa shape index (κ3) is 3.59. The molecule has 0 spiro atoms. The van der Waals surface area contributed by atoms with Crippen molar-refractivity contribution in [3.63, 3.8) is 0 Å². The van der Waals surface area contributed by atoms with Crippen LogP contribution in [0.5, 0.6) is 5.75 Å². The van der Waals surface area contributed by atoms with Gasteiger partial charge in [-0.3, -0.25) is 4.79 Å². The summed E-state index contributed by atoms with van der Waals surface area (Å²) >= 11 is 0. The van der Waals surface area contributed by atoms with Gasteiger partial charge in [0.2, 0.25) is 5.91 Å². The summed E-state index contributed by atoms with van der Waals surface area (Å²) in [5.74, 6) is 0.743. The Balaban J connectivity index is 1.48. The first-order chi connectivity index (χ1) is 13.7. The Morgan fingerprint density at radius 2 is 1.64 bits per heavy atom. The first-order valence-corrected chi connectivity index (χ1v) is 9.18. The van der Waals surface area contributed by atoms with Crippen molar-refractivity contribution in [2.75, 3.05) is 26.1 Å². The number of aromatic nitrogens is 2. The second-order valence-corrected chi connectivity index (χ2v) is 6.69. The highest BCUT2D eigenvalue weighted by molar-refractivity contribution is 5.94. The van der Waals surface area contributed by atoms with Crippen LogP contribution >= 0.6 is 0 Å². The predicted molar refractivity (Wildman–Crippen MR) is 111 cm³/mol. The number of carbonyl (C=O) groups is 1. The van der Waals surface area contributed by atoms with E-state index in [2.05, 4.69) is 9.88 Å². The number of nitrogens with one attached hydrogen (secondary N) is 1. The largest absolute Gasteiger partial charge is 0.497 e. The molecule has 0 bridgehead atoms. The number of carbonyl (C=O) groups excluding carboxylic acids is 1. The molecule has 0 aliphatic heterocycles. The summed E-state index contributed by atoms with van der Waals surface area (Å²) in [5, 5.41) is 5.13. The molecule has 2 heterocycles. The summed E-state index contributed by atoms with van der Waals surface area (Å²) < 4.78 is 14.5. The molecule has 0 saturated heterocycles. The van der Waals surface area contributed by atoms with Gasteiger partial charge in [0.15, 0.2) is 0 Å². The molecular formula is C22H23N3O3. The van der Waals surface area contributed by atoms with E-state index in [1.54, 1.807) is 14.2 Å². The molecular weight excluding hydrogens is 354 g/mol. The van der Waals surface area contributed by atoms with Gasteiger partial charge in [0.25, 0.3) is 0 Å². The van der Waals surface area contributed by atoms with E-state index in [0.29, 0.717) is 6.61 Å². The Kier molecular flexibility index (Phi) is 5.04. The highest BCUT2D eigenvalue weighted by atomic mass is 16.5. The molecule has 28 heavy (non-hydrogen) atoms. The van der Waals surface area contributed by atoms with Gasteiger partial charge in [-0.25, -0.2) is 0 Å². The molecule has 144 valence electrons. The van der Waals surface area contributed by atoms with Crippen molar-refractivity contribution in [3.05, 3.63) is 60.9 Å². The van der Waals surface area contributed by atoms with Gasteiger partial charge in [-0.1, -0.05) is 0 Å². The van der Waals surface area contributed by atoms with Crippen LogP contribution in [-0.2, 0) is 22.6 Å². The van der Waals surface area contributed by atoms with E-state index in [-0.39, 0.29) is 12.5 Å². The molecule has 0 unspecified atom stereocenters. The maximum absolute atomic E-state index is 12.6. The Bertz CT molecular complexity index is 1130. The van der Waals surface area contributed by atoms with Gasteiger partial charge in [0.05, 0.1) is 13.7 Å². The smallest absolute Gasteiger partial charge is 0.244 e. The number of anilines is 1. The predicted octanol–water partition coefficient (Wildman–Crippen LogP) is 3.89. The van der Waals surface area contributed by atoms with Crippen molar-refractivity contribution in [1.29, 1.82) is 0 Å². The van der Waals surface area contributed by atoms with Gasteiger partial charge in [0, 0.05) is 53.5 Å². The topological polar surface area (TPSA) is 57.4 Å². The molecule has 0 aliphatic carbocycles. The van der Waals surface area contributed by atoms with Crippen LogP contribution in [0.1, 0.15) is 0 Å². The summed E-state index contributed by atoms with van der Waals surface area (Å²) in [6.45, 7) is 1.72. The second kappa shape index (κ2) is 7.78. The van der Waals surface area contributed by atoms with Crippen molar-refractivity contribution < 1.29 is 14.3 Å². The van der Waals surface area contributed by atoms with Gasteiger partial charge in [-0.05, 0) is 48.5 Å². The van der Waals surface area contributed by atoms with Crippen molar-refractivity contribution in [3.8, 4) is 5.75 Å². The molecule has 4 aromatic rings. The van der Waals surface area contributed by atoms with E-state index in [9.17, 15) is 4.79 Å². The lowest BCUT2D eigenvalue weighted by atomic mass is 10.2. The first-order valence-electron chi connectivity index (χ1n) is 9.18. The molecule has 2 aromatic carbocycles. The van der Waals surface area contributed by atoms with Gasteiger partial charge in [-0.2, -0.15) is 0 Å². The summed E-state index contributed by atoms with van der Waals surface area (Å²) in [4.78, 5) is 12.6. The number of amides is 1. The van der Waals surface area contributed by atoms with E-state index in [0.717, 1.165) is 39.8 Å². The number of hydrogen-bond acceptors (Lipinski definition) is 3. The monoisotopic (exact) mass is 377 g/mol. The molecule has 4 rings (SSSR count). The average Bonchev–Trinajstić information content (AvgIpc) is 3.29. The van der Waals surface area contributed by atoms with E-state index < -0.39 is 0 Å². The standard InChI is InChI=1S/C22H23N3O3/c1-27-12-11-24-9-7-16-13-18(3-5-20(16)24)23-22(26)15-25-10-8-17-14-19(28-2)4-6-21(17)25/h3-10,13-14H,11-12,15H2,1-2H3,(H,23,26). The van der Waals surface area contributed by atoms with Gasteiger partial charge < -0.3 is 23.9 Å². The van der Waals surface area contributed by atoms with E-state index in [1.165, 1.54) is 0 Å². The van der Waals surface area contributed by atoms with Crippen LogP contribution < -0.4 is 10.1 Å². The minimum atomic E-state index is -0.0634. The lowest BCUT2D eigenvalue weighted by Crippen LogP contribution is -2.18. The van der Waals surface area contributed by atoms with Crippen LogP contribution in [-0.4, -0.2) is 35.9 Å². The second-order valence-electron chi connectivity index (χ2n) is 6.69. The fraction of sp³-hybridized carbons (Fsp3) is 0.227. The fourth-order valence-electron chi connectivity index (χ4n) is 3.46. The third-order valence-corrected chi connectivity index (χ3v) is 4.88. The first kappa shape index (κ1) is 18.1. The highest BCUT2D eigenvalue weighted by Gasteiger charge is 2.09. The van der Waals surface area contributed by atoms with Crippen molar-refractivity contribution in [1.82, 2.24) is 9.13 Å². The number of benzene rings is 2. The Labute approximate surface area is 163 Å². The number of nitrogens with zero attached hydrogens (tertiary/aromatic N) is 2. The lowest BCUT2D eigenvalue weighted by molar-refractivity contribution is -0.116. The van der Waals surface area contributed by atoms with E-state index in [1.807, 2.05) is 65.5 Å². The average molecular weight is 377 g/mol. The maximum Gasteiger partial charge on any atom is 0.244 e. The normalized spacial score (nSPS) is 11.2. The summed E-state index contributed by atoms with van der Waals surface area (Å²) in [6.07, 6.45) is 3.96. The van der Waals surface area contributed by atoms with Crippen LogP contribution in [0.2, 0.25) is 0 Å². The van der Waals surface area contributed by atoms with Crippen molar-refractivity contribution in [2.24, 2.45) is 0 Å². The van der Waals surface area contributed by atoms with Gasteiger partial charge in [-0.15, -0.1) is 0 Å². The Morgan fingerprint density at radius 1 is 0.929 bits per heavy atom. The van der Waals surface area contributed by atoms with Gasteiger partial charge >= 0.3 is 0 Å². The highest BCUT2D eigenvalue weighted by Crippen LogP contribution is 2.23. The molecule has 0 saturated carbocycles. The maximum atomic E-state index is 12.6. The third-order valence-electron chi connectivity index (χ3n) is 4.88. The quantitative estimate of drug-likeness (QED) is 0.532. The molecule has 2 aromatic heterocycles. The zero-order valence-electron chi connectivity index (χ0n) is 16.0. The van der Waals surface area contributed by atoms with Crippen molar-refractivity contribution >= 4 is 33.4 Å². The molecule has 6 heteroatoms. The number of ether oxygens (including phenoxy) is 2. The van der Waals surface area contributed by atoms with Crippen LogP contribution in [0.25, 0.3) is 21.8 Å². The molecule has 0 atom stereocenters. The molecule has 6 nitrogen and oxygen atoms in total. The minimum absolute atomic E-state index is 0.0634. The lowest BCUT2D eigenvalue weighted by Gasteiger charge is -2.09. The molecule has 0 fully saturated rings. The van der Waals surface area contributed by atoms with E-state index in [4.69, 9.17) is 9.47 Å². The van der Waals surface area contributed by atoms with Gasteiger partial charge in [0.1, 0.15) is 12.3 Å². The molecule has 1 amide bonds. The zero-order valence-corrected chi connectivity index (χ0v) is 16.0. The number of rotatable bonds is 7. The van der Waals surface area contributed by atoms with Crippen LogP contribution in [0.3, 0.4) is 0 Å². The van der Waals surface area contributed by atoms with E-state index >= 15 is 0 Å². The molecule has 1 N–H and O–H groups in total. The summed E-state index contributed by atoms with van der Waals surface area (Å²) in [7, 11) is 3.35. The van der Waals surface area contributed by atoms with Crippen LogP contribution in [0.15, 0.2) is 60.9 Å². The summed E-state index contributed by atoms with van der Waals surface area (Å²) in [5.41, 5.74) is 2.92. The Morgan fingerprint density at radius 3 is 2.43 bits per heavy atom. The molecule has 0 aliphatic rings. The van der Waals surface area contributed by atoms with Crippen LogP contribution in [0, 0.1) is 0 Å². The minimum Gasteiger partial charge on any atom is -0.497 e. The summed E-state index contributed by atoms with van der Waals surface area (Å²) in [6, 6.07) is 15.8. The van der Waals surface area contributed by atoms with Crippen LogP contribution in [0.4, 0.5) is 5.69 Å². The molecule has 0 radical (unpaired) electrons. The van der Waals surface area contributed by atoms with Crippen molar-refractivity contribution in [2.45, 2.75) is 13.1 Å². The Hall–Kier alpha value is -3.25.